The molecule has 0 aliphatic carbocycles. The fourth-order valence-corrected chi connectivity index (χ4v) is 1.58. The second-order valence-corrected chi connectivity index (χ2v) is 3.45. The van der Waals surface area contributed by atoms with Crippen LogP contribution < -0.4 is 5.32 Å². The van der Waals surface area contributed by atoms with Crippen LogP contribution in [0, 0.1) is 5.82 Å². The van der Waals surface area contributed by atoms with Crippen LogP contribution in [0.5, 0.6) is 0 Å². The second-order valence-electron chi connectivity index (χ2n) is 3.45. The van der Waals surface area contributed by atoms with E-state index in [1.54, 1.807) is 16.9 Å². The molecule has 2 aromatic rings. The number of halogens is 1. The summed E-state index contributed by atoms with van der Waals surface area (Å²) in [6.07, 6.45) is 2.81. The van der Waals surface area contributed by atoms with Gasteiger partial charge in [-0.25, -0.2) is 14.4 Å². The van der Waals surface area contributed by atoms with Gasteiger partial charge >= 0.3 is 0 Å². The lowest BCUT2D eigenvalue weighted by Gasteiger charge is -2.07. The zero-order valence-electron chi connectivity index (χ0n) is 9.81. The van der Waals surface area contributed by atoms with Crippen LogP contribution in [0.3, 0.4) is 0 Å². The highest BCUT2D eigenvalue weighted by molar-refractivity contribution is 5.56. The largest absolute Gasteiger partial charge is 0.354 e. The Kier molecular flexibility index (Phi) is 3.32. The Morgan fingerprint density at radius 2 is 2.24 bits per heavy atom. The zero-order chi connectivity index (χ0) is 12.3. The molecule has 0 fully saturated rings. The van der Waals surface area contributed by atoms with Crippen molar-refractivity contribution >= 4 is 5.95 Å². The van der Waals surface area contributed by atoms with Gasteiger partial charge in [-0.15, -0.1) is 0 Å². The molecule has 17 heavy (non-hydrogen) atoms. The number of anilines is 1. The number of nitrogens with zero attached hydrogens (tertiary/aromatic N) is 4. The lowest BCUT2D eigenvalue weighted by atomic mass is 10.3. The van der Waals surface area contributed by atoms with Gasteiger partial charge in [0.05, 0.1) is 11.9 Å². The first-order valence-corrected chi connectivity index (χ1v) is 5.54. The van der Waals surface area contributed by atoms with E-state index in [1.807, 2.05) is 13.8 Å². The molecule has 0 aromatic carbocycles. The normalized spacial score (nSPS) is 10.5. The third-order valence-electron chi connectivity index (χ3n) is 2.34. The molecule has 2 rings (SSSR count). The second kappa shape index (κ2) is 4.90. The maximum atomic E-state index is 13.7. The third kappa shape index (κ3) is 2.25. The topological polar surface area (TPSA) is 55.6 Å². The summed E-state index contributed by atoms with van der Waals surface area (Å²) in [5.74, 6) is -0.0189. The molecule has 0 aliphatic rings. The maximum absolute atomic E-state index is 13.7. The number of nitrogens with one attached hydrogen (secondary N) is 1. The number of aromatic nitrogens is 4. The highest BCUT2D eigenvalue weighted by Crippen LogP contribution is 2.20. The van der Waals surface area contributed by atoms with Crippen LogP contribution >= 0.6 is 0 Å². The molecule has 2 heterocycles. The molecular formula is C11H14FN5. The summed E-state index contributed by atoms with van der Waals surface area (Å²) in [5.41, 5.74) is 0.932. The fraction of sp³-hybridized carbons (Fsp3) is 0.364. The van der Waals surface area contributed by atoms with Gasteiger partial charge in [0.1, 0.15) is 5.69 Å². The summed E-state index contributed by atoms with van der Waals surface area (Å²) < 4.78 is 15.4. The minimum absolute atomic E-state index is 0.273. The number of hydrogen-bond acceptors (Lipinski definition) is 4. The van der Waals surface area contributed by atoms with Crippen molar-refractivity contribution in [1.29, 1.82) is 0 Å². The first kappa shape index (κ1) is 11.5. The van der Waals surface area contributed by atoms with Gasteiger partial charge in [0.2, 0.25) is 5.95 Å². The van der Waals surface area contributed by atoms with Gasteiger partial charge < -0.3 is 5.32 Å². The molecule has 1 N–H and O–H groups in total. The Morgan fingerprint density at radius 3 is 2.94 bits per heavy atom. The van der Waals surface area contributed by atoms with E-state index in [0.29, 0.717) is 24.7 Å². The van der Waals surface area contributed by atoms with Crippen LogP contribution in [0.4, 0.5) is 10.3 Å². The molecule has 0 bridgehead atoms. The van der Waals surface area contributed by atoms with E-state index in [1.165, 1.54) is 6.20 Å². The number of rotatable bonds is 4. The van der Waals surface area contributed by atoms with Crippen LogP contribution in [0.1, 0.15) is 13.8 Å². The highest BCUT2D eigenvalue weighted by Gasteiger charge is 2.13. The zero-order valence-corrected chi connectivity index (χ0v) is 9.81. The summed E-state index contributed by atoms with van der Waals surface area (Å²) in [6, 6.07) is 1.74. The minimum atomic E-state index is -0.443. The van der Waals surface area contributed by atoms with Crippen molar-refractivity contribution in [1.82, 2.24) is 19.7 Å². The van der Waals surface area contributed by atoms with E-state index in [0.717, 1.165) is 0 Å². The number of hydrogen-bond donors (Lipinski definition) is 1. The molecule has 90 valence electrons. The molecule has 2 aromatic heterocycles. The first-order chi connectivity index (χ1) is 8.26. The first-order valence-electron chi connectivity index (χ1n) is 5.54. The van der Waals surface area contributed by atoms with E-state index in [4.69, 9.17) is 0 Å². The van der Waals surface area contributed by atoms with Gasteiger partial charge in [-0.3, -0.25) is 4.68 Å². The number of aryl methyl sites for hydroxylation is 1. The van der Waals surface area contributed by atoms with Gasteiger partial charge in [-0.05, 0) is 19.9 Å². The summed E-state index contributed by atoms with van der Waals surface area (Å²) >= 11 is 0. The Morgan fingerprint density at radius 1 is 1.41 bits per heavy atom. The Hall–Kier alpha value is -1.98. The summed E-state index contributed by atoms with van der Waals surface area (Å²) in [7, 11) is 0. The van der Waals surface area contributed by atoms with Crippen LogP contribution in [-0.4, -0.2) is 26.3 Å². The predicted molar refractivity (Wildman–Crippen MR) is 63.0 cm³/mol. The molecule has 0 saturated carbocycles. The predicted octanol–water partition coefficient (Wildman–Crippen LogP) is 1.93. The minimum Gasteiger partial charge on any atom is -0.354 e. The van der Waals surface area contributed by atoms with Crippen molar-refractivity contribution < 1.29 is 4.39 Å². The van der Waals surface area contributed by atoms with Crippen molar-refractivity contribution in [2.24, 2.45) is 0 Å². The van der Waals surface area contributed by atoms with Crippen LogP contribution in [-0.2, 0) is 6.54 Å². The molecule has 0 aliphatic heterocycles. The van der Waals surface area contributed by atoms with Crippen molar-refractivity contribution in [3.63, 3.8) is 0 Å². The Balaban J connectivity index is 2.46. The SMILES string of the molecule is CCNc1ncc(F)c(-c2ccnn2CC)n1. The lowest BCUT2D eigenvalue weighted by Crippen LogP contribution is -2.06. The van der Waals surface area contributed by atoms with Gasteiger partial charge in [0, 0.05) is 19.3 Å². The van der Waals surface area contributed by atoms with Crippen molar-refractivity contribution in [3.05, 3.63) is 24.3 Å². The van der Waals surface area contributed by atoms with E-state index in [2.05, 4.69) is 20.4 Å². The lowest BCUT2D eigenvalue weighted by molar-refractivity contribution is 0.609. The molecule has 0 radical (unpaired) electrons. The molecule has 5 nitrogen and oxygen atoms in total. The van der Waals surface area contributed by atoms with E-state index in [9.17, 15) is 4.39 Å². The van der Waals surface area contributed by atoms with E-state index in [-0.39, 0.29) is 5.69 Å². The van der Waals surface area contributed by atoms with Crippen LogP contribution in [0.25, 0.3) is 11.4 Å². The molecule has 0 spiro atoms. The molecule has 0 saturated heterocycles. The standard InChI is InChI=1S/C11H14FN5/c1-3-13-11-14-7-8(12)10(16-11)9-5-6-15-17(9)4-2/h5-7H,3-4H2,1-2H3,(H,13,14,16). The van der Waals surface area contributed by atoms with Gasteiger partial charge in [-0.2, -0.15) is 5.10 Å². The van der Waals surface area contributed by atoms with Gasteiger partial charge in [0.15, 0.2) is 5.82 Å². The highest BCUT2D eigenvalue weighted by atomic mass is 19.1. The van der Waals surface area contributed by atoms with Crippen molar-refractivity contribution in [2.75, 3.05) is 11.9 Å². The van der Waals surface area contributed by atoms with E-state index >= 15 is 0 Å². The molecule has 0 atom stereocenters. The smallest absolute Gasteiger partial charge is 0.223 e. The van der Waals surface area contributed by atoms with Crippen molar-refractivity contribution in [3.8, 4) is 11.4 Å². The average molecular weight is 235 g/mol. The molecule has 6 heteroatoms. The van der Waals surface area contributed by atoms with Crippen LogP contribution in [0.15, 0.2) is 18.5 Å². The van der Waals surface area contributed by atoms with Gasteiger partial charge in [0.25, 0.3) is 0 Å². The summed E-state index contributed by atoms with van der Waals surface area (Å²) in [4.78, 5) is 8.02. The quantitative estimate of drug-likeness (QED) is 0.879. The van der Waals surface area contributed by atoms with Gasteiger partial charge in [-0.1, -0.05) is 0 Å². The molecular weight excluding hydrogens is 221 g/mol. The Labute approximate surface area is 98.7 Å². The molecule has 0 amide bonds. The molecule has 0 unspecified atom stereocenters. The Bertz CT molecular complexity index is 508. The van der Waals surface area contributed by atoms with E-state index < -0.39 is 5.82 Å². The maximum Gasteiger partial charge on any atom is 0.223 e. The third-order valence-corrected chi connectivity index (χ3v) is 2.34. The fourth-order valence-electron chi connectivity index (χ4n) is 1.58. The average Bonchev–Trinajstić information content (AvgIpc) is 2.80. The summed E-state index contributed by atoms with van der Waals surface area (Å²) in [6.45, 7) is 5.24. The summed E-state index contributed by atoms with van der Waals surface area (Å²) in [5, 5.41) is 7.05. The van der Waals surface area contributed by atoms with Crippen LogP contribution in [0.2, 0.25) is 0 Å². The van der Waals surface area contributed by atoms with Crippen molar-refractivity contribution in [2.45, 2.75) is 20.4 Å². The monoisotopic (exact) mass is 235 g/mol.